The Morgan fingerprint density at radius 2 is 1.96 bits per heavy atom. The maximum atomic E-state index is 12.1. The minimum atomic E-state index is -0.157. The van der Waals surface area contributed by atoms with Gasteiger partial charge in [0.2, 0.25) is 5.91 Å². The molecule has 5 heteroatoms. The van der Waals surface area contributed by atoms with Crippen molar-refractivity contribution >= 4 is 34.3 Å². The average molecular weight is 333 g/mol. The highest BCUT2D eigenvalue weighted by Gasteiger charge is 2.09. The monoisotopic (exact) mass is 333 g/mol. The molecule has 24 heavy (non-hydrogen) atoms. The van der Waals surface area contributed by atoms with E-state index in [4.69, 9.17) is 5.26 Å². The number of para-hydroxylation sites is 2. The molecule has 0 aliphatic rings. The van der Waals surface area contributed by atoms with Crippen LogP contribution in [0.15, 0.2) is 59.6 Å². The molecule has 1 aromatic heterocycles. The third-order valence-electron chi connectivity index (χ3n) is 3.57. The van der Waals surface area contributed by atoms with Crippen molar-refractivity contribution in [3.63, 3.8) is 0 Å². The van der Waals surface area contributed by atoms with Gasteiger partial charge < -0.3 is 5.32 Å². The van der Waals surface area contributed by atoms with Crippen LogP contribution >= 0.6 is 11.8 Å². The van der Waals surface area contributed by atoms with Crippen LogP contribution in [0, 0.1) is 18.3 Å². The van der Waals surface area contributed by atoms with E-state index in [0.717, 1.165) is 21.5 Å². The molecule has 0 bridgehead atoms. The SMILES string of the molecule is Cc1cc(SCC(=O)Nc2ccccc2C#N)nc2ccccc12. The van der Waals surface area contributed by atoms with Crippen molar-refractivity contribution in [1.82, 2.24) is 4.98 Å². The minimum Gasteiger partial charge on any atom is -0.324 e. The molecule has 0 spiro atoms. The summed E-state index contributed by atoms with van der Waals surface area (Å²) in [5.41, 5.74) is 3.05. The first-order valence-corrected chi connectivity index (χ1v) is 8.44. The van der Waals surface area contributed by atoms with Gasteiger partial charge in [-0.05, 0) is 36.8 Å². The van der Waals surface area contributed by atoms with E-state index < -0.39 is 0 Å². The van der Waals surface area contributed by atoms with E-state index in [-0.39, 0.29) is 11.7 Å². The van der Waals surface area contributed by atoms with Gasteiger partial charge in [-0.15, -0.1) is 0 Å². The molecule has 1 amide bonds. The smallest absolute Gasteiger partial charge is 0.234 e. The number of amides is 1. The lowest BCUT2D eigenvalue weighted by molar-refractivity contribution is -0.113. The summed E-state index contributed by atoms with van der Waals surface area (Å²) in [6.45, 7) is 2.04. The Morgan fingerprint density at radius 3 is 2.79 bits per heavy atom. The summed E-state index contributed by atoms with van der Waals surface area (Å²) < 4.78 is 0. The fourth-order valence-electron chi connectivity index (χ4n) is 2.41. The molecule has 0 saturated heterocycles. The molecular formula is C19H15N3OS. The van der Waals surface area contributed by atoms with Gasteiger partial charge in [-0.25, -0.2) is 4.98 Å². The maximum Gasteiger partial charge on any atom is 0.234 e. The van der Waals surface area contributed by atoms with Gasteiger partial charge in [0.15, 0.2) is 0 Å². The lowest BCUT2D eigenvalue weighted by atomic mass is 10.1. The van der Waals surface area contributed by atoms with Gasteiger partial charge in [0.25, 0.3) is 0 Å². The highest BCUT2D eigenvalue weighted by molar-refractivity contribution is 7.99. The van der Waals surface area contributed by atoms with Crippen LogP contribution in [0.3, 0.4) is 0 Å². The number of carbonyl (C=O) groups excluding carboxylic acids is 1. The van der Waals surface area contributed by atoms with Gasteiger partial charge in [-0.3, -0.25) is 4.79 Å². The van der Waals surface area contributed by atoms with Crippen LogP contribution < -0.4 is 5.32 Å². The number of hydrogen-bond donors (Lipinski definition) is 1. The zero-order valence-electron chi connectivity index (χ0n) is 13.1. The van der Waals surface area contributed by atoms with Crippen molar-refractivity contribution in [3.8, 4) is 6.07 Å². The van der Waals surface area contributed by atoms with Crippen molar-refractivity contribution in [2.24, 2.45) is 0 Å². The van der Waals surface area contributed by atoms with Gasteiger partial charge in [-0.2, -0.15) is 5.26 Å². The molecule has 3 rings (SSSR count). The fourth-order valence-corrected chi connectivity index (χ4v) is 3.18. The Balaban J connectivity index is 1.69. The van der Waals surface area contributed by atoms with Crippen LogP contribution in [0.2, 0.25) is 0 Å². The number of anilines is 1. The van der Waals surface area contributed by atoms with Crippen LogP contribution in [0.4, 0.5) is 5.69 Å². The predicted octanol–water partition coefficient (Wildman–Crippen LogP) is 4.15. The van der Waals surface area contributed by atoms with Crippen molar-refractivity contribution in [3.05, 3.63) is 65.7 Å². The molecule has 0 unspecified atom stereocenters. The van der Waals surface area contributed by atoms with Crippen molar-refractivity contribution in [2.45, 2.75) is 11.9 Å². The Kier molecular flexibility index (Phi) is 4.78. The minimum absolute atomic E-state index is 0.157. The van der Waals surface area contributed by atoms with Gasteiger partial charge in [0.1, 0.15) is 6.07 Å². The highest BCUT2D eigenvalue weighted by atomic mass is 32.2. The predicted molar refractivity (Wildman–Crippen MR) is 97.0 cm³/mol. The van der Waals surface area contributed by atoms with E-state index in [0.29, 0.717) is 11.3 Å². The maximum absolute atomic E-state index is 12.1. The fraction of sp³-hybridized carbons (Fsp3) is 0.105. The van der Waals surface area contributed by atoms with Crippen LogP contribution in [0.5, 0.6) is 0 Å². The lowest BCUT2D eigenvalue weighted by Crippen LogP contribution is -2.15. The molecule has 0 atom stereocenters. The summed E-state index contributed by atoms with van der Waals surface area (Å²) in [6.07, 6.45) is 0. The second-order valence-electron chi connectivity index (χ2n) is 5.29. The zero-order chi connectivity index (χ0) is 16.9. The van der Waals surface area contributed by atoms with E-state index in [1.807, 2.05) is 37.3 Å². The van der Waals surface area contributed by atoms with Crippen LogP contribution in [-0.2, 0) is 4.79 Å². The third-order valence-corrected chi connectivity index (χ3v) is 4.48. The normalized spacial score (nSPS) is 10.3. The Hall–Kier alpha value is -2.84. The third kappa shape index (κ3) is 3.55. The molecule has 2 aromatic carbocycles. The first-order chi connectivity index (χ1) is 11.7. The van der Waals surface area contributed by atoms with E-state index in [9.17, 15) is 4.79 Å². The Labute approximate surface area is 144 Å². The van der Waals surface area contributed by atoms with E-state index in [1.54, 1.807) is 24.3 Å². The number of nitriles is 1. The zero-order valence-corrected chi connectivity index (χ0v) is 13.9. The van der Waals surface area contributed by atoms with Crippen LogP contribution in [0.25, 0.3) is 10.9 Å². The second-order valence-corrected chi connectivity index (χ2v) is 6.28. The average Bonchev–Trinajstić information content (AvgIpc) is 2.60. The molecule has 0 saturated carbocycles. The number of pyridine rings is 1. The van der Waals surface area contributed by atoms with E-state index in [2.05, 4.69) is 16.4 Å². The van der Waals surface area contributed by atoms with E-state index in [1.165, 1.54) is 11.8 Å². The number of thioether (sulfide) groups is 1. The standard InChI is InChI=1S/C19H15N3OS/c1-13-10-19(22-17-9-5-3-7-15(13)17)24-12-18(23)21-16-8-4-2-6-14(16)11-20/h2-10H,12H2,1H3,(H,21,23). The molecule has 0 fully saturated rings. The number of aryl methyl sites for hydroxylation is 1. The molecule has 1 heterocycles. The van der Waals surface area contributed by atoms with Gasteiger partial charge in [-0.1, -0.05) is 42.1 Å². The molecule has 0 aliphatic heterocycles. The largest absolute Gasteiger partial charge is 0.324 e. The summed E-state index contributed by atoms with van der Waals surface area (Å²) in [7, 11) is 0. The number of hydrogen-bond acceptors (Lipinski definition) is 4. The molecule has 0 radical (unpaired) electrons. The summed E-state index contributed by atoms with van der Waals surface area (Å²) >= 11 is 1.38. The topological polar surface area (TPSA) is 65.8 Å². The first-order valence-electron chi connectivity index (χ1n) is 7.45. The van der Waals surface area contributed by atoms with E-state index >= 15 is 0 Å². The number of nitrogens with one attached hydrogen (secondary N) is 1. The van der Waals surface area contributed by atoms with Gasteiger partial charge in [0.05, 0.1) is 27.5 Å². The molecule has 3 aromatic rings. The first kappa shape index (κ1) is 16.0. The Morgan fingerprint density at radius 1 is 1.21 bits per heavy atom. The number of carbonyl (C=O) groups is 1. The summed E-state index contributed by atoms with van der Waals surface area (Å²) in [6, 6.07) is 19.0. The van der Waals surface area contributed by atoms with Crippen molar-refractivity contribution < 1.29 is 4.79 Å². The molecule has 4 nitrogen and oxygen atoms in total. The molecule has 118 valence electrons. The number of fused-ring (bicyclic) bond motifs is 1. The molecule has 0 aliphatic carbocycles. The molecular weight excluding hydrogens is 318 g/mol. The number of benzene rings is 2. The summed E-state index contributed by atoms with van der Waals surface area (Å²) in [5, 5.41) is 13.8. The van der Waals surface area contributed by atoms with Gasteiger partial charge >= 0.3 is 0 Å². The highest BCUT2D eigenvalue weighted by Crippen LogP contribution is 2.24. The quantitative estimate of drug-likeness (QED) is 0.729. The lowest BCUT2D eigenvalue weighted by Gasteiger charge is -2.08. The number of nitrogens with zero attached hydrogens (tertiary/aromatic N) is 2. The molecule has 1 N–H and O–H groups in total. The second kappa shape index (κ2) is 7.16. The summed E-state index contributed by atoms with van der Waals surface area (Å²) in [4.78, 5) is 16.7. The Bertz CT molecular complexity index is 947. The van der Waals surface area contributed by atoms with Gasteiger partial charge in [0, 0.05) is 5.39 Å². The van der Waals surface area contributed by atoms with Crippen molar-refractivity contribution in [2.75, 3.05) is 11.1 Å². The van der Waals surface area contributed by atoms with Crippen LogP contribution in [-0.4, -0.2) is 16.6 Å². The number of rotatable bonds is 4. The van der Waals surface area contributed by atoms with Crippen molar-refractivity contribution in [1.29, 1.82) is 5.26 Å². The van der Waals surface area contributed by atoms with Crippen LogP contribution in [0.1, 0.15) is 11.1 Å². The number of aromatic nitrogens is 1. The summed E-state index contributed by atoms with van der Waals surface area (Å²) in [5.74, 6) is 0.0835.